The van der Waals surface area contributed by atoms with Crippen LogP contribution in [0.25, 0.3) is 0 Å². The largest absolute Gasteiger partial charge is 0.493 e. The van der Waals surface area contributed by atoms with Gasteiger partial charge in [-0.15, -0.1) is 0 Å². The molecule has 0 fully saturated rings. The number of methoxy groups -OCH3 is 1. The Hall–Kier alpha value is -1.26. The lowest BCUT2D eigenvalue weighted by Gasteiger charge is -2.24. The predicted molar refractivity (Wildman–Crippen MR) is 86.0 cm³/mol. The van der Waals surface area contributed by atoms with Crippen LogP contribution in [-0.4, -0.2) is 32.0 Å². The van der Waals surface area contributed by atoms with E-state index in [2.05, 4.69) is 25.2 Å². The van der Waals surface area contributed by atoms with Crippen molar-refractivity contribution in [3.8, 4) is 11.5 Å². The molecule has 120 valence electrons. The lowest BCUT2D eigenvalue weighted by molar-refractivity contribution is 0.236. The van der Waals surface area contributed by atoms with Gasteiger partial charge in [0, 0.05) is 19.7 Å². The smallest absolute Gasteiger partial charge is 0.161 e. The first-order chi connectivity index (χ1) is 10.0. The maximum atomic E-state index is 8.91. The van der Waals surface area contributed by atoms with Crippen LogP contribution in [0, 0.1) is 5.41 Å². The summed E-state index contributed by atoms with van der Waals surface area (Å²) in [5, 5.41) is 12.4. The normalized spacial score (nSPS) is 11.5. The molecule has 0 spiro atoms. The molecule has 4 heteroatoms. The number of aliphatic hydroxyl groups is 1. The number of aliphatic hydroxyl groups excluding tert-OH is 1. The molecule has 4 nitrogen and oxygen atoms in total. The van der Waals surface area contributed by atoms with Crippen LogP contribution >= 0.6 is 0 Å². The van der Waals surface area contributed by atoms with E-state index >= 15 is 0 Å². The van der Waals surface area contributed by atoms with Crippen molar-refractivity contribution in [2.24, 2.45) is 5.41 Å². The molecule has 0 aliphatic rings. The highest BCUT2D eigenvalue weighted by Crippen LogP contribution is 2.28. The summed E-state index contributed by atoms with van der Waals surface area (Å²) >= 11 is 0. The zero-order valence-corrected chi connectivity index (χ0v) is 13.7. The summed E-state index contributed by atoms with van der Waals surface area (Å²) in [6.07, 6.45) is 1.87. The van der Waals surface area contributed by atoms with Crippen molar-refractivity contribution in [2.75, 3.05) is 26.9 Å². The molecule has 0 amide bonds. The van der Waals surface area contributed by atoms with Crippen molar-refractivity contribution in [2.45, 2.75) is 40.2 Å². The Morgan fingerprint density at radius 2 is 2.00 bits per heavy atom. The van der Waals surface area contributed by atoms with Crippen LogP contribution in [0.3, 0.4) is 0 Å². The van der Waals surface area contributed by atoms with Gasteiger partial charge < -0.3 is 19.9 Å². The van der Waals surface area contributed by atoms with Crippen molar-refractivity contribution in [3.63, 3.8) is 0 Å². The van der Waals surface area contributed by atoms with E-state index in [1.54, 1.807) is 7.11 Å². The van der Waals surface area contributed by atoms with Gasteiger partial charge in [0.25, 0.3) is 0 Å². The third-order valence-electron chi connectivity index (χ3n) is 3.47. The number of rotatable bonds is 10. The van der Waals surface area contributed by atoms with Crippen molar-refractivity contribution < 1.29 is 14.6 Å². The molecule has 0 unspecified atom stereocenters. The molecule has 0 radical (unpaired) electrons. The number of ether oxygens (including phenoxy) is 2. The van der Waals surface area contributed by atoms with E-state index in [0.717, 1.165) is 37.4 Å². The zero-order valence-electron chi connectivity index (χ0n) is 13.7. The average molecular weight is 295 g/mol. The summed E-state index contributed by atoms with van der Waals surface area (Å²) in [5.41, 5.74) is 1.37. The molecule has 1 aromatic carbocycles. The van der Waals surface area contributed by atoms with Crippen molar-refractivity contribution >= 4 is 0 Å². The first-order valence-corrected chi connectivity index (χ1v) is 7.63. The maximum Gasteiger partial charge on any atom is 0.161 e. The van der Waals surface area contributed by atoms with Crippen molar-refractivity contribution in [1.29, 1.82) is 0 Å². The summed E-state index contributed by atoms with van der Waals surface area (Å²) < 4.78 is 10.9. The zero-order chi connectivity index (χ0) is 15.7. The Morgan fingerprint density at radius 1 is 1.24 bits per heavy atom. The molecule has 0 heterocycles. The molecular weight excluding hydrogens is 266 g/mol. The van der Waals surface area contributed by atoms with Gasteiger partial charge in [0.15, 0.2) is 11.5 Å². The molecule has 2 N–H and O–H groups in total. The fourth-order valence-electron chi connectivity index (χ4n) is 2.29. The molecule has 0 aliphatic heterocycles. The Bertz CT molecular complexity index is 418. The summed E-state index contributed by atoms with van der Waals surface area (Å²) in [7, 11) is 1.66. The molecule has 0 saturated carbocycles. The molecule has 0 atom stereocenters. The van der Waals surface area contributed by atoms with Gasteiger partial charge in [-0.25, -0.2) is 0 Å². The monoisotopic (exact) mass is 295 g/mol. The van der Waals surface area contributed by atoms with Crippen LogP contribution in [0.15, 0.2) is 18.2 Å². The molecule has 0 bridgehead atoms. The molecule has 0 aliphatic carbocycles. The fourth-order valence-corrected chi connectivity index (χ4v) is 2.29. The highest BCUT2D eigenvalue weighted by atomic mass is 16.5. The van der Waals surface area contributed by atoms with E-state index in [-0.39, 0.29) is 12.0 Å². The van der Waals surface area contributed by atoms with Crippen LogP contribution < -0.4 is 14.8 Å². The van der Waals surface area contributed by atoms with Gasteiger partial charge in [-0.3, -0.25) is 0 Å². The van der Waals surface area contributed by atoms with Gasteiger partial charge >= 0.3 is 0 Å². The maximum absolute atomic E-state index is 8.91. The Kier molecular flexibility index (Phi) is 7.54. The third-order valence-corrected chi connectivity index (χ3v) is 3.47. The minimum atomic E-state index is 0.193. The summed E-state index contributed by atoms with van der Waals surface area (Å²) in [6.45, 7) is 9.01. The van der Waals surface area contributed by atoms with Gasteiger partial charge in [0.05, 0.1) is 13.7 Å². The van der Waals surface area contributed by atoms with E-state index in [9.17, 15) is 0 Å². The second kappa shape index (κ2) is 8.90. The molecule has 0 aromatic heterocycles. The Balaban J connectivity index is 2.52. The second-order valence-corrected chi connectivity index (χ2v) is 6.01. The fraction of sp³-hybridized carbons (Fsp3) is 0.647. The summed E-state index contributed by atoms with van der Waals surface area (Å²) in [6, 6.07) is 6.02. The van der Waals surface area contributed by atoms with Gasteiger partial charge in [-0.05, 0) is 42.9 Å². The van der Waals surface area contributed by atoms with E-state index in [0.29, 0.717) is 6.61 Å². The van der Waals surface area contributed by atoms with Crippen LogP contribution in [0.1, 0.15) is 39.2 Å². The Morgan fingerprint density at radius 3 is 2.62 bits per heavy atom. The minimum Gasteiger partial charge on any atom is -0.493 e. The van der Waals surface area contributed by atoms with E-state index < -0.39 is 0 Å². The molecule has 1 aromatic rings. The highest BCUT2D eigenvalue weighted by molar-refractivity contribution is 5.42. The van der Waals surface area contributed by atoms with Gasteiger partial charge in [-0.1, -0.05) is 19.9 Å². The molecule has 1 rings (SSSR count). The molecule has 21 heavy (non-hydrogen) atoms. The minimum absolute atomic E-state index is 0.193. The predicted octanol–water partition coefficient (Wildman–Crippen LogP) is 2.98. The third kappa shape index (κ3) is 6.36. The van der Waals surface area contributed by atoms with Crippen LogP contribution in [0.4, 0.5) is 0 Å². The van der Waals surface area contributed by atoms with Crippen molar-refractivity contribution in [3.05, 3.63) is 23.8 Å². The van der Waals surface area contributed by atoms with Gasteiger partial charge in [0.1, 0.15) is 0 Å². The van der Waals surface area contributed by atoms with Gasteiger partial charge in [0.2, 0.25) is 0 Å². The van der Waals surface area contributed by atoms with E-state index in [1.807, 2.05) is 19.1 Å². The molecular formula is C17H29NO3. The quantitative estimate of drug-likeness (QED) is 0.697. The SMILES string of the molecule is CCOc1ccc(CNCC(C)(C)CCCO)cc1OC. The highest BCUT2D eigenvalue weighted by Gasteiger charge is 2.16. The average Bonchev–Trinajstić information content (AvgIpc) is 2.46. The van der Waals surface area contributed by atoms with E-state index in [4.69, 9.17) is 14.6 Å². The van der Waals surface area contributed by atoms with Crippen LogP contribution in [0.2, 0.25) is 0 Å². The van der Waals surface area contributed by atoms with Crippen molar-refractivity contribution in [1.82, 2.24) is 5.32 Å². The number of benzene rings is 1. The molecule has 0 saturated heterocycles. The second-order valence-electron chi connectivity index (χ2n) is 6.01. The van der Waals surface area contributed by atoms with E-state index in [1.165, 1.54) is 5.56 Å². The topological polar surface area (TPSA) is 50.7 Å². The summed E-state index contributed by atoms with van der Waals surface area (Å²) in [4.78, 5) is 0. The Labute approximate surface area is 128 Å². The first-order valence-electron chi connectivity index (χ1n) is 7.63. The summed E-state index contributed by atoms with van der Waals surface area (Å²) in [5.74, 6) is 1.56. The first kappa shape index (κ1) is 17.8. The number of nitrogens with one attached hydrogen (secondary N) is 1. The number of hydrogen-bond acceptors (Lipinski definition) is 4. The number of hydrogen-bond donors (Lipinski definition) is 2. The lowest BCUT2D eigenvalue weighted by Crippen LogP contribution is -2.29. The standard InChI is InChI=1S/C17H29NO3/c1-5-21-15-8-7-14(11-16(15)20-4)12-18-13-17(2,3)9-6-10-19/h7-8,11,18-19H,5-6,9-10,12-13H2,1-4H3. The van der Waals surface area contributed by atoms with Crippen LogP contribution in [-0.2, 0) is 6.54 Å². The van der Waals surface area contributed by atoms with Gasteiger partial charge in [-0.2, -0.15) is 0 Å². The van der Waals surface area contributed by atoms with Crippen LogP contribution in [0.5, 0.6) is 11.5 Å². The lowest BCUT2D eigenvalue weighted by atomic mass is 9.88.